The molecule has 24 heavy (non-hydrogen) atoms. The summed E-state index contributed by atoms with van der Waals surface area (Å²) in [5.74, 6) is -7.00. The van der Waals surface area contributed by atoms with Crippen LogP contribution < -0.4 is 0 Å². The molecule has 10 heteroatoms. The first-order chi connectivity index (χ1) is 11.0. The second-order valence-corrected chi connectivity index (χ2v) is 7.32. The molecule has 1 aromatic rings. The van der Waals surface area contributed by atoms with Crippen molar-refractivity contribution in [3.05, 3.63) is 35.1 Å². The maximum Gasteiger partial charge on any atom is 0.705 e. The predicted octanol–water partition coefficient (Wildman–Crippen LogP) is 2.27. The molecular formula is C14H15F3O6Si. The van der Waals surface area contributed by atoms with Crippen molar-refractivity contribution in [2.75, 3.05) is 0 Å². The molecule has 0 saturated heterocycles. The lowest BCUT2D eigenvalue weighted by molar-refractivity contribution is -0.147. The zero-order valence-electron chi connectivity index (χ0n) is 13.2. The summed E-state index contributed by atoms with van der Waals surface area (Å²) in [5, 5.41) is 0. The number of carbonyl (C=O) groups excluding carboxylic acids is 3. The van der Waals surface area contributed by atoms with Crippen molar-refractivity contribution in [2.45, 2.75) is 33.2 Å². The highest BCUT2D eigenvalue weighted by atomic mass is 28.4. The van der Waals surface area contributed by atoms with E-state index in [1.165, 1.54) is 0 Å². The van der Waals surface area contributed by atoms with E-state index in [-0.39, 0.29) is 18.0 Å². The van der Waals surface area contributed by atoms with Crippen LogP contribution in [0.3, 0.4) is 0 Å². The Kier molecular flexibility index (Phi) is 6.52. The SMILES string of the molecule is CC(=O)O[Si](CCc1cc(F)c(F)c(F)c1)(OC(C)=O)OC(C)=O. The Bertz CT molecular complexity index is 600. The summed E-state index contributed by atoms with van der Waals surface area (Å²) < 4.78 is 54.2. The topological polar surface area (TPSA) is 78.9 Å². The van der Waals surface area contributed by atoms with E-state index in [1.54, 1.807) is 0 Å². The Hall–Kier alpha value is -2.36. The van der Waals surface area contributed by atoms with Gasteiger partial charge in [0.1, 0.15) is 0 Å². The van der Waals surface area contributed by atoms with Crippen molar-refractivity contribution in [1.82, 2.24) is 0 Å². The lowest BCUT2D eigenvalue weighted by atomic mass is 10.1. The van der Waals surface area contributed by atoms with Crippen LogP contribution in [0.1, 0.15) is 26.3 Å². The molecule has 132 valence electrons. The molecule has 1 rings (SSSR count). The van der Waals surface area contributed by atoms with Crippen LogP contribution in [0.25, 0.3) is 0 Å². The van der Waals surface area contributed by atoms with Gasteiger partial charge in [0, 0.05) is 20.8 Å². The number of aryl methyl sites for hydroxylation is 1. The average molecular weight is 364 g/mol. The summed E-state index contributed by atoms with van der Waals surface area (Å²) in [6.07, 6.45) is -0.186. The number of hydrogen-bond acceptors (Lipinski definition) is 6. The van der Waals surface area contributed by atoms with Crippen LogP contribution in [-0.2, 0) is 34.1 Å². The van der Waals surface area contributed by atoms with Gasteiger partial charge in [0.2, 0.25) is 0 Å². The van der Waals surface area contributed by atoms with Crippen molar-refractivity contribution >= 4 is 26.7 Å². The fourth-order valence-corrected chi connectivity index (χ4v) is 4.26. The van der Waals surface area contributed by atoms with Gasteiger partial charge in [0.05, 0.1) is 6.04 Å². The van der Waals surface area contributed by atoms with Gasteiger partial charge in [-0.25, -0.2) is 13.2 Å². The first-order valence-electron chi connectivity index (χ1n) is 6.77. The van der Waals surface area contributed by atoms with Crippen LogP contribution in [0.4, 0.5) is 13.2 Å². The van der Waals surface area contributed by atoms with Crippen molar-refractivity contribution < 1.29 is 40.8 Å². The summed E-state index contributed by atoms with van der Waals surface area (Å²) in [7, 11) is -4.10. The Morgan fingerprint density at radius 1 is 0.875 bits per heavy atom. The number of hydrogen-bond donors (Lipinski definition) is 0. The van der Waals surface area contributed by atoms with Crippen LogP contribution in [0.2, 0.25) is 6.04 Å². The Morgan fingerprint density at radius 3 is 1.58 bits per heavy atom. The van der Waals surface area contributed by atoms with Crippen molar-refractivity contribution in [3.63, 3.8) is 0 Å². The molecule has 0 saturated carbocycles. The van der Waals surface area contributed by atoms with Gasteiger partial charge in [-0.2, -0.15) is 0 Å². The predicted molar refractivity (Wildman–Crippen MR) is 75.9 cm³/mol. The third-order valence-corrected chi connectivity index (χ3v) is 5.32. The van der Waals surface area contributed by atoms with E-state index in [0.29, 0.717) is 0 Å². The minimum atomic E-state index is -4.10. The maximum atomic E-state index is 13.2. The van der Waals surface area contributed by atoms with Crippen LogP contribution in [-0.4, -0.2) is 26.7 Å². The van der Waals surface area contributed by atoms with Crippen molar-refractivity contribution in [3.8, 4) is 0 Å². The third kappa shape index (κ3) is 5.69. The van der Waals surface area contributed by atoms with E-state index < -0.39 is 44.2 Å². The second kappa shape index (κ2) is 7.95. The van der Waals surface area contributed by atoms with E-state index in [1.807, 2.05) is 0 Å². The normalized spacial score (nSPS) is 10.9. The van der Waals surface area contributed by atoms with Crippen LogP contribution in [0, 0.1) is 17.5 Å². The molecule has 0 aromatic heterocycles. The lowest BCUT2D eigenvalue weighted by Gasteiger charge is -2.26. The van der Waals surface area contributed by atoms with Gasteiger partial charge in [-0.1, -0.05) is 0 Å². The van der Waals surface area contributed by atoms with E-state index in [4.69, 9.17) is 13.3 Å². The molecule has 0 aliphatic carbocycles. The van der Waals surface area contributed by atoms with Gasteiger partial charge < -0.3 is 13.3 Å². The Balaban J connectivity index is 3.08. The van der Waals surface area contributed by atoms with E-state index in [9.17, 15) is 27.6 Å². The highest BCUT2D eigenvalue weighted by Gasteiger charge is 2.51. The number of halogens is 3. The molecule has 0 aliphatic heterocycles. The summed E-state index contributed by atoms with van der Waals surface area (Å²) in [6, 6.07) is 1.18. The van der Waals surface area contributed by atoms with E-state index in [2.05, 4.69) is 0 Å². The van der Waals surface area contributed by atoms with E-state index >= 15 is 0 Å². The van der Waals surface area contributed by atoms with Gasteiger partial charge in [-0.3, -0.25) is 14.4 Å². The summed E-state index contributed by atoms with van der Waals surface area (Å²) in [6.45, 7) is 3.06. The van der Waals surface area contributed by atoms with Gasteiger partial charge in [-0.05, 0) is 24.1 Å². The molecule has 0 atom stereocenters. The highest BCUT2D eigenvalue weighted by Crippen LogP contribution is 2.22. The van der Waals surface area contributed by atoms with Crippen LogP contribution in [0.15, 0.2) is 12.1 Å². The average Bonchev–Trinajstić information content (AvgIpc) is 2.40. The number of benzene rings is 1. The molecule has 0 fully saturated rings. The maximum absolute atomic E-state index is 13.2. The zero-order valence-corrected chi connectivity index (χ0v) is 14.2. The highest BCUT2D eigenvalue weighted by molar-refractivity contribution is 6.65. The third-order valence-electron chi connectivity index (χ3n) is 2.66. The molecule has 0 aliphatic rings. The summed E-state index contributed by atoms with van der Waals surface area (Å²) in [4.78, 5) is 33.7. The minimum Gasteiger partial charge on any atom is -0.455 e. The molecule has 6 nitrogen and oxygen atoms in total. The standard InChI is InChI=1S/C14H15F3O6Si/c1-8(18)21-24(22-9(2)19,23-10(3)20)5-4-11-6-12(15)14(17)13(16)7-11/h6-7H,4-5H2,1-3H3. The fraction of sp³-hybridized carbons (Fsp3) is 0.357. The summed E-state index contributed by atoms with van der Waals surface area (Å²) >= 11 is 0. The first-order valence-corrected chi connectivity index (χ1v) is 8.70. The van der Waals surface area contributed by atoms with Gasteiger partial charge in [0.25, 0.3) is 17.9 Å². The summed E-state index contributed by atoms with van der Waals surface area (Å²) in [5.41, 5.74) is 0.00901. The largest absolute Gasteiger partial charge is 0.705 e. The molecule has 0 bridgehead atoms. The minimum absolute atomic E-state index is 0.00901. The fourth-order valence-electron chi connectivity index (χ4n) is 1.92. The molecular weight excluding hydrogens is 349 g/mol. The van der Waals surface area contributed by atoms with Gasteiger partial charge in [-0.15, -0.1) is 0 Å². The Morgan fingerprint density at radius 2 is 1.25 bits per heavy atom. The van der Waals surface area contributed by atoms with Gasteiger partial charge >= 0.3 is 8.80 Å². The van der Waals surface area contributed by atoms with Crippen molar-refractivity contribution in [1.29, 1.82) is 0 Å². The number of rotatable bonds is 6. The first kappa shape index (κ1) is 19.7. The monoisotopic (exact) mass is 364 g/mol. The molecule has 0 unspecified atom stereocenters. The zero-order chi connectivity index (χ0) is 18.5. The lowest BCUT2D eigenvalue weighted by Crippen LogP contribution is -2.49. The number of carbonyl (C=O) groups is 3. The molecule has 0 amide bonds. The van der Waals surface area contributed by atoms with Gasteiger partial charge in [0.15, 0.2) is 17.5 Å². The molecule has 0 radical (unpaired) electrons. The molecule has 0 spiro atoms. The Labute approximate surface area is 136 Å². The smallest absolute Gasteiger partial charge is 0.455 e. The van der Waals surface area contributed by atoms with Crippen molar-refractivity contribution in [2.24, 2.45) is 0 Å². The molecule has 0 N–H and O–H groups in total. The van der Waals surface area contributed by atoms with Crippen LogP contribution >= 0.6 is 0 Å². The second-order valence-electron chi connectivity index (χ2n) is 4.84. The quantitative estimate of drug-likeness (QED) is 0.569. The molecule has 0 heterocycles. The van der Waals surface area contributed by atoms with Crippen LogP contribution in [0.5, 0.6) is 0 Å². The molecule has 1 aromatic carbocycles. The van der Waals surface area contributed by atoms with E-state index in [0.717, 1.165) is 32.9 Å².